The zero-order valence-electron chi connectivity index (χ0n) is 12.2. The first-order valence-corrected chi connectivity index (χ1v) is 7.08. The highest BCUT2D eigenvalue weighted by Gasteiger charge is 2.08. The van der Waals surface area contributed by atoms with Crippen molar-refractivity contribution in [1.82, 2.24) is 9.97 Å². The van der Waals surface area contributed by atoms with Gasteiger partial charge in [-0.15, -0.1) is 0 Å². The Morgan fingerprint density at radius 1 is 1.32 bits per heavy atom. The van der Waals surface area contributed by atoms with Crippen LogP contribution in [0, 0.1) is 5.92 Å². The average molecular weight is 266 g/mol. The molecule has 1 heterocycles. The number of nitrogens with zero attached hydrogens (tertiary/aromatic N) is 2. The Morgan fingerprint density at radius 2 is 2.11 bits per heavy atom. The fraction of sp³-hybridized carbons (Fsp3) is 0.714. The van der Waals surface area contributed by atoms with E-state index in [0.29, 0.717) is 11.8 Å². The maximum absolute atomic E-state index is 5.63. The molecule has 0 saturated carbocycles. The Labute approximate surface area is 116 Å². The quantitative estimate of drug-likeness (QED) is 0.718. The average Bonchev–Trinajstić information content (AvgIpc) is 2.36. The minimum absolute atomic E-state index is 0.118. The summed E-state index contributed by atoms with van der Waals surface area (Å²) >= 11 is 0. The van der Waals surface area contributed by atoms with E-state index in [-0.39, 0.29) is 6.10 Å². The third kappa shape index (κ3) is 6.38. The van der Waals surface area contributed by atoms with Crippen molar-refractivity contribution < 1.29 is 4.74 Å². The first kappa shape index (κ1) is 15.7. The number of anilines is 1. The Hall–Kier alpha value is -1.36. The van der Waals surface area contributed by atoms with Crippen LogP contribution in [0.4, 0.5) is 5.82 Å². The van der Waals surface area contributed by atoms with Gasteiger partial charge < -0.3 is 15.8 Å². The maximum atomic E-state index is 5.63. The van der Waals surface area contributed by atoms with E-state index in [0.717, 1.165) is 25.3 Å². The summed E-state index contributed by atoms with van der Waals surface area (Å²) < 4.78 is 5.55. The third-order valence-corrected chi connectivity index (χ3v) is 2.84. The van der Waals surface area contributed by atoms with Gasteiger partial charge in [0, 0.05) is 12.6 Å². The summed E-state index contributed by atoms with van der Waals surface area (Å²) in [6.45, 7) is 7.78. The lowest BCUT2D eigenvalue weighted by Crippen LogP contribution is -2.18. The molecule has 0 amide bonds. The third-order valence-electron chi connectivity index (χ3n) is 2.84. The molecule has 0 bridgehead atoms. The lowest BCUT2D eigenvalue weighted by Gasteiger charge is -2.16. The smallest absolute Gasteiger partial charge is 0.218 e. The van der Waals surface area contributed by atoms with Crippen molar-refractivity contribution in [3.8, 4) is 5.88 Å². The van der Waals surface area contributed by atoms with Crippen molar-refractivity contribution in [1.29, 1.82) is 0 Å². The monoisotopic (exact) mass is 266 g/mol. The van der Waals surface area contributed by atoms with Crippen LogP contribution < -0.4 is 15.8 Å². The van der Waals surface area contributed by atoms with Crippen molar-refractivity contribution >= 4 is 5.82 Å². The Bertz CT molecular complexity index is 351. The number of aromatic nitrogens is 2. The van der Waals surface area contributed by atoms with Crippen molar-refractivity contribution in [3.05, 3.63) is 12.4 Å². The zero-order valence-corrected chi connectivity index (χ0v) is 12.2. The summed E-state index contributed by atoms with van der Waals surface area (Å²) in [5.74, 6) is 2.02. The molecular weight excluding hydrogens is 240 g/mol. The number of hydrogen-bond acceptors (Lipinski definition) is 5. The van der Waals surface area contributed by atoms with Crippen molar-refractivity contribution in [2.24, 2.45) is 11.7 Å². The molecule has 1 aromatic heterocycles. The number of nitrogens with two attached hydrogens (primary N) is 1. The van der Waals surface area contributed by atoms with Gasteiger partial charge in [-0.3, -0.25) is 0 Å². The SMILES string of the molecule is CCCC(CCN)CNc1cc(OC(C)C)ncn1. The summed E-state index contributed by atoms with van der Waals surface area (Å²) in [6.07, 6.45) is 5.05. The van der Waals surface area contributed by atoms with Crippen molar-refractivity contribution in [2.75, 3.05) is 18.4 Å². The van der Waals surface area contributed by atoms with Gasteiger partial charge in [-0.1, -0.05) is 13.3 Å². The van der Waals surface area contributed by atoms with Crippen LogP contribution in [0.2, 0.25) is 0 Å². The lowest BCUT2D eigenvalue weighted by atomic mass is 10.00. The van der Waals surface area contributed by atoms with Gasteiger partial charge in [-0.2, -0.15) is 0 Å². The summed E-state index contributed by atoms with van der Waals surface area (Å²) in [5, 5.41) is 3.34. The van der Waals surface area contributed by atoms with E-state index in [4.69, 9.17) is 10.5 Å². The topological polar surface area (TPSA) is 73.1 Å². The standard InChI is InChI=1S/C14H26N4O/c1-4-5-12(6-7-15)9-16-13-8-14(18-10-17-13)19-11(2)3/h8,10-12H,4-7,9,15H2,1-3H3,(H,16,17,18). The Balaban J connectivity index is 2.51. The van der Waals surface area contributed by atoms with E-state index < -0.39 is 0 Å². The van der Waals surface area contributed by atoms with Crippen molar-refractivity contribution in [3.63, 3.8) is 0 Å². The highest BCUT2D eigenvalue weighted by Crippen LogP contribution is 2.15. The predicted octanol–water partition coefficient (Wildman–Crippen LogP) is 2.44. The second kappa shape index (κ2) is 8.69. The molecule has 0 aliphatic heterocycles. The fourth-order valence-electron chi connectivity index (χ4n) is 1.98. The summed E-state index contributed by atoms with van der Waals surface area (Å²) in [6, 6.07) is 1.84. The van der Waals surface area contributed by atoms with E-state index in [2.05, 4.69) is 22.2 Å². The van der Waals surface area contributed by atoms with E-state index in [9.17, 15) is 0 Å². The van der Waals surface area contributed by atoms with Crippen LogP contribution in [-0.4, -0.2) is 29.2 Å². The van der Waals surface area contributed by atoms with Gasteiger partial charge in [0.25, 0.3) is 0 Å². The van der Waals surface area contributed by atoms with Gasteiger partial charge in [-0.25, -0.2) is 9.97 Å². The minimum atomic E-state index is 0.118. The maximum Gasteiger partial charge on any atom is 0.218 e. The molecule has 0 fully saturated rings. The van der Waals surface area contributed by atoms with Crippen LogP contribution in [0.3, 0.4) is 0 Å². The lowest BCUT2D eigenvalue weighted by molar-refractivity contribution is 0.232. The molecule has 0 spiro atoms. The number of nitrogens with one attached hydrogen (secondary N) is 1. The van der Waals surface area contributed by atoms with Gasteiger partial charge in [0.05, 0.1) is 6.10 Å². The first-order valence-electron chi connectivity index (χ1n) is 7.08. The molecule has 0 aliphatic rings. The second-order valence-electron chi connectivity index (χ2n) is 5.02. The largest absolute Gasteiger partial charge is 0.475 e. The Morgan fingerprint density at radius 3 is 2.74 bits per heavy atom. The first-order chi connectivity index (χ1) is 9.15. The molecule has 1 atom stereocenters. The molecule has 0 saturated heterocycles. The van der Waals surface area contributed by atoms with Crippen LogP contribution in [0.15, 0.2) is 12.4 Å². The van der Waals surface area contributed by atoms with Gasteiger partial charge in [-0.05, 0) is 39.2 Å². The molecule has 108 valence electrons. The van der Waals surface area contributed by atoms with Gasteiger partial charge in [0.1, 0.15) is 12.1 Å². The zero-order chi connectivity index (χ0) is 14.1. The number of hydrogen-bond donors (Lipinski definition) is 2. The molecule has 3 N–H and O–H groups in total. The Kier molecular flexibility index (Phi) is 7.18. The molecule has 1 aromatic rings. The molecule has 1 rings (SSSR count). The predicted molar refractivity (Wildman–Crippen MR) is 78.4 cm³/mol. The second-order valence-corrected chi connectivity index (χ2v) is 5.02. The molecule has 0 aliphatic carbocycles. The molecular formula is C14H26N4O. The summed E-state index contributed by atoms with van der Waals surface area (Å²) in [4.78, 5) is 8.29. The minimum Gasteiger partial charge on any atom is -0.475 e. The summed E-state index contributed by atoms with van der Waals surface area (Å²) in [5.41, 5.74) is 5.63. The van der Waals surface area contributed by atoms with E-state index >= 15 is 0 Å². The highest BCUT2D eigenvalue weighted by molar-refractivity contribution is 5.37. The van der Waals surface area contributed by atoms with Crippen LogP contribution in [0.1, 0.15) is 40.0 Å². The van der Waals surface area contributed by atoms with E-state index in [1.807, 2.05) is 19.9 Å². The molecule has 19 heavy (non-hydrogen) atoms. The van der Waals surface area contributed by atoms with E-state index in [1.165, 1.54) is 19.2 Å². The van der Waals surface area contributed by atoms with Crippen molar-refractivity contribution in [2.45, 2.75) is 46.1 Å². The van der Waals surface area contributed by atoms with Gasteiger partial charge in [0.2, 0.25) is 5.88 Å². The number of ether oxygens (including phenoxy) is 1. The normalized spacial score (nSPS) is 12.5. The van der Waals surface area contributed by atoms with Crippen LogP contribution in [0.5, 0.6) is 5.88 Å². The summed E-state index contributed by atoms with van der Waals surface area (Å²) in [7, 11) is 0. The molecule has 5 heteroatoms. The molecule has 0 aromatic carbocycles. The van der Waals surface area contributed by atoms with Crippen LogP contribution in [0.25, 0.3) is 0 Å². The highest BCUT2D eigenvalue weighted by atomic mass is 16.5. The number of rotatable bonds is 9. The molecule has 0 radical (unpaired) electrons. The van der Waals surface area contributed by atoms with Gasteiger partial charge >= 0.3 is 0 Å². The van der Waals surface area contributed by atoms with E-state index in [1.54, 1.807) is 0 Å². The van der Waals surface area contributed by atoms with Crippen LogP contribution in [-0.2, 0) is 0 Å². The molecule has 1 unspecified atom stereocenters. The van der Waals surface area contributed by atoms with Crippen LogP contribution >= 0.6 is 0 Å². The molecule has 5 nitrogen and oxygen atoms in total. The fourth-order valence-corrected chi connectivity index (χ4v) is 1.98. The van der Waals surface area contributed by atoms with Gasteiger partial charge in [0.15, 0.2) is 0 Å².